The van der Waals surface area contributed by atoms with Crippen LogP contribution in [0.2, 0.25) is 0 Å². The molecule has 1 unspecified atom stereocenters. The molecule has 1 aromatic rings. The molecule has 1 aromatic carbocycles. The van der Waals surface area contributed by atoms with E-state index in [-0.39, 0.29) is 11.5 Å². The van der Waals surface area contributed by atoms with Crippen molar-refractivity contribution in [3.8, 4) is 5.75 Å². The molecule has 1 fully saturated rings. The highest BCUT2D eigenvalue weighted by molar-refractivity contribution is 5.40. The molecular formula is C15H23NO2. The molecule has 0 aliphatic carbocycles. The zero-order valence-electron chi connectivity index (χ0n) is 11.5. The molecule has 2 rings (SSSR count). The zero-order chi connectivity index (χ0) is 13.2. The lowest BCUT2D eigenvalue weighted by atomic mass is 9.69. The first-order chi connectivity index (χ1) is 8.60. The minimum absolute atomic E-state index is 0.109. The maximum absolute atomic E-state index is 10.2. The summed E-state index contributed by atoms with van der Waals surface area (Å²) < 4.78 is 5.31. The Bertz CT molecular complexity index is 409. The van der Waals surface area contributed by atoms with Crippen LogP contribution in [-0.2, 0) is 5.41 Å². The van der Waals surface area contributed by atoms with Crippen LogP contribution >= 0.6 is 0 Å². The number of aliphatic hydroxyl groups excluding tert-OH is 1. The van der Waals surface area contributed by atoms with Crippen LogP contribution in [0.25, 0.3) is 0 Å². The van der Waals surface area contributed by atoms with Gasteiger partial charge in [0.2, 0.25) is 0 Å². The van der Waals surface area contributed by atoms with Gasteiger partial charge < -0.3 is 15.2 Å². The Hall–Kier alpha value is -1.06. The van der Waals surface area contributed by atoms with Crippen molar-refractivity contribution >= 4 is 0 Å². The van der Waals surface area contributed by atoms with Gasteiger partial charge in [0.05, 0.1) is 13.2 Å². The van der Waals surface area contributed by atoms with Crippen molar-refractivity contribution in [1.82, 2.24) is 5.32 Å². The summed E-state index contributed by atoms with van der Waals surface area (Å²) in [6.07, 6.45) is 1.64. The van der Waals surface area contributed by atoms with E-state index in [1.54, 1.807) is 7.11 Å². The van der Waals surface area contributed by atoms with Crippen molar-refractivity contribution in [3.05, 3.63) is 29.3 Å². The van der Waals surface area contributed by atoms with E-state index in [1.807, 2.05) is 13.0 Å². The van der Waals surface area contributed by atoms with Crippen molar-refractivity contribution < 1.29 is 9.84 Å². The highest BCUT2D eigenvalue weighted by Gasteiger charge is 2.38. The average molecular weight is 249 g/mol. The number of rotatable bonds is 3. The third kappa shape index (κ3) is 2.25. The summed E-state index contributed by atoms with van der Waals surface area (Å²) in [4.78, 5) is 0. The molecule has 0 radical (unpaired) electrons. The summed E-state index contributed by atoms with van der Waals surface area (Å²) >= 11 is 0. The second-order valence-electron chi connectivity index (χ2n) is 5.27. The molecule has 2 N–H and O–H groups in total. The van der Waals surface area contributed by atoms with Crippen molar-refractivity contribution in [2.24, 2.45) is 0 Å². The standard InChI is InChI=1S/C15H23NO2/c1-11-10-13(4-5-14(11)18-3)15(12(2)17)6-8-16-9-7-15/h4-5,10,12,16-17H,6-9H2,1-3H3. The van der Waals surface area contributed by atoms with Crippen LogP contribution in [0.1, 0.15) is 30.9 Å². The fourth-order valence-corrected chi connectivity index (χ4v) is 3.01. The quantitative estimate of drug-likeness (QED) is 0.861. The van der Waals surface area contributed by atoms with Gasteiger partial charge >= 0.3 is 0 Å². The topological polar surface area (TPSA) is 41.5 Å². The van der Waals surface area contributed by atoms with Gasteiger partial charge in [-0.15, -0.1) is 0 Å². The van der Waals surface area contributed by atoms with Gasteiger partial charge in [0.25, 0.3) is 0 Å². The Morgan fingerprint density at radius 3 is 2.50 bits per heavy atom. The van der Waals surface area contributed by atoms with Gasteiger partial charge in [0.1, 0.15) is 5.75 Å². The molecule has 3 heteroatoms. The maximum Gasteiger partial charge on any atom is 0.121 e. The molecule has 1 aliphatic heterocycles. The predicted octanol–water partition coefficient (Wildman–Crippen LogP) is 2.01. The number of hydrogen-bond donors (Lipinski definition) is 2. The Kier molecular flexibility index (Phi) is 3.93. The minimum atomic E-state index is -0.326. The van der Waals surface area contributed by atoms with Gasteiger partial charge in [-0.25, -0.2) is 0 Å². The van der Waals surface area contributed by atoms with Crippen molar-refractivity contribution in [2.75, 3.05) is 20.2 Å². The van der Waals surface area contributed by atoms with Gasteiger partial charge in [0, 0.05) is 5.41 Å². The van der Waals surface area contributed by atoms with Crippen LogP contribution in [0.4, 0.5) is 0 Å². The normalized spacial score (nSPS) is 20.4. The number of ether oxygens (including phenoxy) is 1. The maximum atomic E-state index is 10.2. The smallest absolute Gasteiger partial charge is 0.121 e. The Labute approximate surface area is 109 Å². The fraction of sp³-hybridized carbons (Fsp3) is 0.600. The van der Waals surface area contributed by atoms with E-state index in [9.17, 15) is 5.11 Å². The number of aryl methyl sites for hydroxylation is 1. The zero-order valence-corrected chi connectivity index (χ0v) is 11.5. The van der Waals surface area contributed by atoms with E-state index in [0.717, 1.165) is 37.2 Å². The van der Waals surface area contributed by atoms with Crippen LogP contribution in [0, 0.1) is 6.92 Å². The lowest BCUT2D eigenvalue weighted by Gasteiger charge is -2.41. The highest BCUT2D eigenvalue weighted by atomic mass is 16.5. The van der Waals surface area contributed by atoms with Gasteiger partial charge in [-0.3, -0.25) is 0 Å². The van der Waals surface area contributed by atoms with E-state index in [1.165, 1.54) is 5.56 Å². The predicted molar refractivity (Wildman–Crippen MR) is 73.2 cm³/mol. The summed E-state index contributed by atoms with van der Waals surface area (Å²) in [6, 6.07) is 6.28. The Morgan fingerprint density at radius 2 is 2.00 bits per heavy atom. The molecule has 1 aliphatic rings. The molecule has 0 spiro atoms. The molecule has 0 saturated carbocycles. The molecular weight excluding hydrogens is 226 g/mol. The number of nitrogens with one attached hydrogen (secondary N) is 1. The minimum Gasteiger partial charge on any atom is -0.496 e. The Morgan fingerprint density at radius 1 is 1.33 bits per heavy atom. The number of benzene rings is 1. The molecule has 0 aromatic heterocycles. The first-order valence-electron chi connectivity index (χ1n) is 6.64. The summed E-state index contributed by atoms with van der Waals surface area (Å²) in [7, 11) is 1.69. The van der Waals surface area contributed by atoms with Crippen LogP contribution in [0.3, 0.4) is 0 Å². The van der Waals surface area contributed by atoms with E-state index < -0.39 is 0 Å². The second-order valence-corrected chi connectivity index (χ2v) is 5.27. The monoisotopic (exact) mass is 249 g/mol. The van der Waals surface area contributed by atoms with Gasteiger partial charge in [-0.2, -0.15) is 0 Å². The molecule has 1 saturated heterocycles. The van der Waals surface area contributed by atoms with E-state index in [4.69, 9.17) is 4.74 Å². The molecule has 1 atom stereocenters. The number of aliphatic hydroxyl groups is 1. The average Bonchev–Trinajstić information content (AvgIpc) is 2.39. The first kappa shape index (κ1) is 13.4. The number of methoxy groups -OCH3 is 1. The Balaban J connectivity index is 2.39. The van der Waals surface area contributed by atoms with Crippen molar-refractivity contribution in [3.63, 3.8) is 0 Å². The highest BCUT2D eigenvalue weighted by Crippen LogP contribution is 2.38. The molecule has 0 bridgehead atoms. The largest absolute Gasteiger partial charge is 0.496 e. The number of piperidine rings is 1. The van der Waals surface area contributed by atoms with E-state index in [0.29, 0.717) is 0 Å². The summed E-state index contributed by atoms with van der Waals surface area (Å²) in [6.45, 7) is 5.90. The molecule has 3 nitrogen and oxygen atoms in total. The van der Waals surface area contributed by atoms with Crippen molar-refractivity contribution in [1.29, 1.82) is 0 Å². The number of hydrogen-bond acceptors (Lipinski definition) is 3. The molecule has 1 heterocycles. The summed E-state index contributed by atoms with van der Waals surface area (Å²) in [5.74, 6) is 0.911. The van der Waals surface area contributed by atoms with Crippen LogP contribution in [0.5, 0.6) is 5.75 Å². The SMILES string of the molecule is COc1ccc(C2(C(C)O)CCNCC2)cc1C. The third-order valence-electron chi connectivity index (χ3n) is 4.27. The summed E-state index contributed by atoms with van der Waals surface area (Å²) in [5, 5.41) is 13.6. The lowest BCUT2D eigenvalue weighted by Crippen LogP contribution is -2.46. The van der Waals surface area contributed by atoms with E-state index in [2.05, 4.69) is 24.4 Å². The lowest BCUT2D eigenvalue weighted by molar-refractivity contribution is 0.0731. The van der Waals surface area contributed by atoms with Gasteiger partial charge in [-0.1, -0.05) is 12.1 Å². The van der Waals surface area contributed by atoms with Crippen molar-refractivity contribution in [2.45, 2.75) is 38.2 Å². The van der Waals surface area contributed by atoms with Crippen LogP contribution in [-0.4, -0.2) is 31.4 Å². The van der Waals surface area contributed by atoms with Gasteiger partial charge in [0.15, 0.2) is 0 Å². The third-order valence-corrected chi connectivity index (χ3v) is 4.27. The molecule has 100 valence electrons. The van der Waals surface area contributed by atoms with E-state index >= 15 is 0 Å². The molecule has 0 amide bonds. The van der Waals surface area contributed by atoms with Crippen LogP contribution in [0.15, 0.2) is 18.2 Å². The second kappa shape index (κ2) is 5.29. The van der Waals surface area contributed by atoms with Gasteiger partial charge in [-0.05, 0) is 57.0 Å². The summed E-state index contributed by atoms with van der Waals surface area (Å²) in [5.41, 5.74) is 2.26. The fourth-order valence-electron chi connectivity index (χ4n) is 3.01. The first-order valence-corrected chi connectivity index (χ1v) is 6.64. The van der Waals surface area contributed by atoms with Crippen LogP contribution < -0.4 is 10.1 Å². The molecule has 18 heavy (non-hydrogen) atoms.